The van der Waals surface area contributed by atoms with Crippen LogP contribution in [0, 0.1) is 0 Å². The molecule has 106 valence electrons. The molecule has 0 amide bonds. The van der Waals surface area contributed by atoms with Crippen molar-refractivity contribution >= 4 is 28.8 Å². The van der Waals surface area contributed by atoms with E-state index in [0.29, 0.717) is 10.2 Å². The van der Waals surface area contributed by atoms with E-state index in [4.69, 9.17) is 28.2 Å². The first kappa shape index (κ1) is 13.1. The summed E-state index contributed by atoms with van der Waals surface area (Å²) in [5, 5.41) is 5.79. The lowest BCUT2D eigenvalue weighted by atomic mass is 9.97. The Balaban J connectivity index is 2.01. The molecule has 0 unspecified atom stereocenters. The van der Waals surface area contributed by atoms with Crippen LogP contribution in [0.15, 0.2) is 30.5 Å². The molecule has 0 saturated carbocycles. The normalized spacial score (nSPS) is 14.4. The van der Waals surface area contributed by atoms with Crippen LogP contribution in [0.5, 0.6) is 0 Å². The van der Waals surface area contributed by atoms with Crippen LogP contribution in [0.3, 0.4) is 0 Å². The van der Waals surface area contributed by atoms with Crippen LogP contribution in [0.4, 0.5) is 0 Å². The third-order valence-electron chi connectivity index (χ3n) is 4.02. The Bertz CT molecular complexity index is 839. The molecule has 1 aromatic carbocycles. The summed E-state index contributed by atoms with van der Waals surface area (Å²) in [7, 11) is 0. The van der Waals surface area contributed by atoms with Crippen molar-refractivity contribution in [3.05, 3.63) is 51.9 Å². The second kappa shape index (κ2) is 5.00. The van der Waals surface area contributed by atoms with Crippen molar-refractivity contribution in [2.24, 2.45) is 0 Å². The van der Waals surface area contributed by atoms with Gasteiger partial charge in [-0.1, -0.05) is 41.4 Å². The Morgan fingerprint density at radius 1 is 1.00 bits per heavy atom. The minimum Gasteiger partial charge on any atom is -0.233 e. The fraction of sp³-hybridized carbons (Fsp3) is 0.250. The number of nitrogens with zero attached hydrogens (tertiary/aromatic N) is 3. The molecule has 0 bridgehead atoms. The van der Waals surface area contributed by atoms with Crippen LogP contribution in [-0.4, -0.2) is 14.6 Å². The van der Waals surface area contributed by atoms with Crippen molar-refractivity contribution in [3.63, 3.8) is 0 Å². The van der Waals surface area contributed by atoms with Gasteiger partial charge in [-0.2, -0.15) is 5.10 Å². The fourth-order valence-corrected chi connectivity index (χ4v) is 3.52. The highest BCUT2D eigenvalue weighted by Crippen LogP contribution is 2.34. The summed E-state index contributed by atoms with van der Waals surface area (Å²) in [5.41, 5.74) is 4.90. The second-order valence-electron chi connectivity index (χ2n) is 5.31. The maximum Gasteiger partial charge on any atom is 0.164 e. The van der Waals surface area contributed by atoms with Gasteiger partial charge < -0.3 is 0 Å². The van der Waals surface area contributed by atoms with Gasteiger partial charge in [0.1, 0.15) is 5.15 Å². The summed E-state index contributed by atoms with van der Waals surface area (Å²) >= 11 is 12.8. The number of halogens is 2. The zero-order valence-corrected chi connectivity index (χ0v) is 12.8. The molecule has 0 radical (unpaired) electrons. The van der Waals surface area contributed by atoms with Crippen LogP contribution >= 0.6 is 23.2 Å². The summed E-state index contributed by atoms with van der Waals surface area (Å²) in [6.45, 7) is 0. The Morgan fingerprint density at radius 3 is 2.67 bits per heavy atom. The molecule has 4 rings (SSSR count). The molecule has 2 aromatic heterocycles. The zero-order chi connectivity index (χ0) is 14.4. The summed E-state index contributed by atoms with van der Waals surface area (Å²) in [6, 6.07) is 7.74. The highest BCUT2D eigenvalue weighted by atomic mass is 35.5. The van der Waals surface area contributed by atoms with E-state index in [2.05, 4.69) is 5.10 Å². The molecule has 5 heteroatoms. The second-order valence-corrected chi connectivity index (χ2v) is 6.07. The van der Waals surface area contributed by atoms with Gasteiger partial charge in [-0.15, -0.1) is 0 Å². The Kier molecular flexibility index (Phi) is 3.12. The summed E-state index contributed by atoms with van der Waals surface area (Å²) < 4.78 is 1.73. The van der Waals surface area contributed by atoms with Crippen LogP contribution in [-0.2, 0) is 12.8 Å². The minimum atomic E-state index is 0.688. The lowest BCUT2D eigenvalue weighted by Crippen LogP contribution is -2.10. The first-order chi connectivity index (χ1) is 10.3. The average Bonchev–Trinajstić information content (AvgIpc) is 2.92. The molecule has 0 atom stereocenters. The highest BCUT2D eigenvalue weighted by Gasteiger charge is 2.20. The van der Waals surface area contributed by atoms with E-state index >= 15 is 0 Å². The molecule has 0 saturated heterocycles. The van der Waals surface area contributed by atoms with Crippen LogP contribution in [0.1, 0.15) is 24.1 Å². The number of hydrogen-bond donors (Lipinski definition) is 0. The molecule has 3 aromatic rings. The van der Waals surface area contributed by atoms with Gasteiger partial charge in [0.05, 0.1) is 6.20 Å². The first-order valence-corrected chi connectivity index (χ1v) is 7.81. The number of rotatable bonds is 1. The predicted molar refractivity (Wildman–Crippen MR) is 85.1 cm³/mol. The fourth-order valence-electron chi connectivity index (χ4n) is 2.95. The standard InChI is InChI=1S/C16H13Cl2N3/c17-13-7-3-1-5-10(13)12-9-19-21-15(18)11-6-2-4-8-14(11)20-16(12)21/h1,3,5,7,9H,2,4,6,8H2. The lowest BCUT2D eigenvalue weighted by molar-refractivity contribution is 0.660. The number of aromatic nitrogens is 3. The zero-order valence-electron chi connectivity index (χ0n) is 11.3. The number of hydrogen-bond acceptors (Lipinski definition) is 2. The van der Waals surface area contributed by atoms with E-state index in [-0.39, 0.29) is 0 Å². The molecule has 21 heavy (non-hydrogen) atoms. The third kappa shape index (κ3) is 2.03. The molecule has 0 fully saturated rings. The molecular formula is C16H13Cl2N3. The molecule has 1 aliphatic carbocycles. The largest absolute Gasteiger partial charge is 0.233 e. The molecule has 0 aliphatic heterocycles. The monoisotopic (exact) mass is 317 g/mol. The molecule has 0 N–H and O–H groups in total. The molecular weight excluding hydrogens is 305 g/mol. The van der Waals surface area contributed by atoms with E-state index in [9.17, 15) is 0 Å². The predicted octanol–water partition coefficient (Wildman–Crippen LogP) is 4.58. The highest BCUT2D eigenvalue weighted by molar-refractivity contribution is 6.33. The number of aryl methyl sites for hydroxylation is 1. The van der Waals surface area contributed by atoms with Gasteiger partial charge in [0.15, 0.2) is 5.65 Å². The van der Waals surface area contributed by atoms with E-state index in [1.165, 1.54) is 12.8 Å². The number of benzene rings is 1. The van der Waals surface area contributed by atoms with Gasteiger partial charge in [0.2, 0.25) is 0 Å². The van der Waals surface area contributed by atoms with Gasteiger partial charge >= 0.3 is 0 Å². The van der Waals surface area contributed by atoms with Crippen LogP contribution in [0.25, 0.3) is 16.8 Å². The van der Waals surface area contributed by atoms with Crippen LogP contribution in [0.2, 0.25) is 10.2 Å². The van der Waals surface area contributed by atoms with Gasteiger partial charge in [-0.05, 0) is 31.7 Å². The minimum absolute atomic E-state index is 0.688. The maximum atomic E-state index is 6.53. The number of fused-ring (bicyclic) bond motifs is 2. The first-order valence-electron chi connectivity index (χ1n) is 7.05. The van der Waals surface area contributed by atoms with E-state index in [0.717, 1.165) is 40.9 Å². The molecule has 2 heterocycles. The average molecular weight is 318 g/mol. The Labute approximate surface area is 132 Å². The van der Waals surface area contributed by atoms with Gasteiger partial charge in [-0.3, -0.25) is 0 Å². The van der Waals surface area contributed by atoms with Crippen molar-refractivity contribution in [2.45, 2.75) is 25.7 Å². The van der Waals surface area contributed by atoms with Gasteiger partial charge in [0, 0.05) is 27.4 Å². The molecule has 1 aliphatic rings. The summed E-state index contributed by atoms with van der Waals surface area (Å²) in [6.07, 6.45) is 6.10. The Hall–Kier alpha value is -1.58. The van der Waals surface area contributed by atoms with Gasteiger partial charge in [-0.25, -0.2) is 9.50 Å². The van der Waals surface area contributed by atoms with Crippen molar-refractivity contribution in [1.82, 2.24) is 14.6 Å². The quantitative estimate of drug-likeness (QED) is 0.615. The maximum absolute atomic E-state index is 6.53. The third-order valence-corrected chi connectivity index (χ3v) is 4.74. The van der Waals surface area contributed by atoms with Crippen molar-refractivity contribution in [3.8, 4) is 11.1 Å². The van der Waals surface area contributed by atoms with Crippen LogP contribution < -0.4 is 0 Å². The Morgan fingerprint density at radius 2 is 1.81 bits per heavy atom. The van der Waals surface area contributed by atoms with E-state index in [1.807, 2.05) is 24.3 Å². The van der Waals surface area contributed by atoms with E-state index < -0.39 is 0 Å². The summed E-state index contributed by atoms with van der Waals surface area (Å²) in [5.74, 6) is 0. The smallest absolute Gasteiger partial charge is 0.164 e. The molecule has 3 nitrogen and oxygen atoms in total. The molecule has 0 spiro atoms. The van der Waals surface area contributed by atoms with E-state index in [1.54, 1.807) is 10.7 Å². The van der Waals surface area contributed by atoms with Gasteiger partial charge in [0.25, 0.3) is 0 Å². The van der Waals surface area contributed by atoms with Crippen molar-refractivity contribution in [1.29, 1.82) is 0 Å². The van der Waals surface area contributed by atoms with Crippen molar-refractivity contribution < 1.29 is 0 Å². The van der Waals surface area contributed by atoms with Crippen molar-refractivity contribution in [2.75, 3.05) is 0 Å². The summed E-state index contributed by atoms with van der Waals surface area (Å²) in [4.78, 5) is 4.81. The lowest BCUT2D eigenvalue weighted by Gasteiger charge is -2.16. The topological polar surface area (TPSA) is 30.2 Å². The SMILES string of the molecule is Clc1ccccc1-c1cnn2c(Cl)c3c(nc12)CCCC3.